The number of hydrogen-bond acceptors (Lipinski definition) is 4. The summed E-state index contributed by atoms with van der Waals surface area (Å²) in [7, 11) is 3.97. The molecule has 8 nitrogen and oxygen atoms in total. The average Bonchev–Trinajstić information content (AvgIpc) is 3.15. The molecule has 1 aliphatic rings. The van der Waals surface area contributed by atoms with Crippen LogP contribution in [0.3, 0.4) is 0 Å². The highest BCUT2D eigenvalue weighted by Gasteiger charge is 2.35. The van der Waals surface area contributed by atoms with E-state index in [-0.39, 0.29) is 24.0 Å². The van der Waals surface area contributed by atoms with Crippen LogP contribution < -0.4 is 10.6 Å². The van der Waals surface area contributed by atoms with Crippen LogP contribution in [-0.4, -0.2) is 52.6 Å². The van der Waals surface area contributed by atoms with Crippen LogP contribution in [0.1, 0.15) is 42.8 Å². The van der Waals surface area contributed by atoms with Crippen molar-refractivity contribution in [1.29, 1.82) is 0 Å². The minimum absolute atomic E-state index is 0.118. The Labute approximate surface area is 158 Å². The van der Waals surface area contributed by atoms with Crippen LogP contribution in [-0.2, 0) is 11.3 Å². The van der Waals surface area contributed by atoms with Gasteiger partial charge in [0.1, 0.15) is 0 Å². The van der Waals surface area contributed by atoms with Gasteiger partial charge in [0.2, 0.25) is 5.91 Å². The molecule has 2 aromatic rings. The van der Waals surface area contributed by atoms with E-state index in [1.165, 1.54) is 6.92 Å². The second-order valence-corrected chi connectivity index (χ2v) is 7.12. The maximum atomic E-state index is 13.0. The van der Waals surface area contributed by atoms with E-state index >= 15 is 0 Å². The number of carbonyl (C=O) groups excluding carboxylic acids is 2. The molecule has 0 saturated heterocycles. The minimum Gasteiger partial charge on any atom is -0.330 e. The van der Waals surface area contributed by atoms with E-state index in [4.69, 9.17) is 0 Å². The van der Waals surface area contributed by atoms with Gasteiger partial charge in [0.15, 0.2) is 5.82 Å². The van der Waals surface area contributed by atoms with Gasteiger partial charge in [-0.1, -0.05) is 30.3 Å². The zero-order valence-electron chi connectivity index (χ0n) is 16.1. The van der Waals surface area contributed by atoms with Crippen molar-refractivity contribution in [3.8, 4) is 0 Å². The van der Waals surface area contributed by atoms with Crippen LogP contribution in [0.4, 0.5) is 10.6 Å². The summed E-state index contributed by atoms with van der Waals surface area (Å²) in [4.78, 5) is 28.1. The number of anilines is 1. The van der Waals surface area contributed by atoms with E-state index in [0.717, 1.165) is 16.8 Å². The van der Waals surface area contributed by atoms with Crippen LogP contribution in [0.2, 0.25) is 0 Å². The van der Waals surface area contributed by atoms with Crippen molar-refractivity contribution < 1.29 is 9.59 Å². The highest BCUT2D eigenvalue weighted by atomic mass is 16.2. The third kappa shape index (κ3) is 4.11. The maximum absolute atomic E-state index is 13.0. The SMILES string of the molecule is CC(=O)Nc1n[nH]c2c1CN(C(=O)NC(CN(C)C)c1ccccc1)C2C. The lowest BCUT2D eigenvalue weighted by molar-refractivity contribution is -0.114. The first-order chi connectivity index (χ1) is 12.9. The quantitative estimate of drug-likeness (QED) is 0.753. The van der Waals surface area contributed by atoms with Gasteiger partial charge < -0.3 is 20.4 Å². The van der Waals surface area contributed by atoms with Gasteiger partial charge >= 0.3 is 6.03 Å². The van der Waals surface area contributed by atoms with Crippen LogP contribution in [0.25, 0.3) is 0 Å². The predicted molar refractivity (Wildman–Crippen MR) is 103 cm³/mol. The molecular formula is C19H26N6O2. The fourth-order valence-corrected chi connectivity index (χ4v) is 3.38. The Morgan fingerprint density at radius 3 is 2.67 bits per heavy atom. The third-order valence-electron chi connectivity index (χ3n) is 4.72. The number of fused-ring (bicyclic) bond motifs is 1. The largest absolute Gasteiger partial charge is 0.330 e. The number of benzene rings is 1. The molecule has 1 aromatic carbocycles. The molecule has 144 valence electrons. The molecule has 27 heavy (non-hydrogen) atoms. The fraction of sp³-hybridized carbons (Fsp3) is 0.421. The molecule has 0 spiro atoms. The molecule has 8 heteroatoms. The summed E-state index contributed by atoms with van der Waals surface area (Å²) in [5.74, 6) is 0.308. The standard InChI is InChI=1S/C19H26N6O2/c1-12-17-15(18(23-22-17)20-13(2)26)10-25(12)19(27)21-16(11-24(3)4)14-8-6-5-7-9-14/h5-9,12,16H,10-11H2,1-4H3,(H,21,27)(H2,20,22,23,26). The molecule has 3 N–H and O–H groups in total. The first-order valence-electron chi connectivity index (χ1n) is 8.98. The van der Waals surface area contributed by atoms with E-state index in [1.807, 2.05) is 56.3 Å². The van der Waals surface area contributed by atoms with E-state index in [1.54, 1.807) is 4.90 Å². The molecule has 2 unspecified atom stereocenters. The van der Waals surface area contributed by atoms with Crippen molar-refractivity contribution in [2.45, 2.75) is 32.5 Å². The predicted octanol–water partition coefficient (Wildman–Crippen LogP) is 2.26. The van der Waals surface area contributed by atoms with Crippen molar-refractivity contribution in [2.24, 2.45) is 0 Å². The summed E-state index contributed by atoms with van der Waals surface area (Å²) in [6, 6.07) is 9.53. The van der Waals surface area contributed by atoms with Gasteiger partial charge in [-0.2, -0.15) is 5.10 Å². The molecule has 0 radical (unpaired) electrons. The fourth-order valence-electron chi connectivity index (χ4n) is 3.38. The van der Waals surface area contributed by atoms with Gasteiger partial charge in [-0.25, -0.2) is 4.79 Å². The maximum Gasteiger partial charge on any atom is 0.318 e. The number of aromatic amines is 1. The van der Waals surface area contributed by atoms with E-state index in [9.17, 15) is 9.59 Å². The number of aromatic nitrogens is 2. The summed E-state index contributed by atoms with van der Waals surface area (Å²) in [5, 5.41) is 13.0. The van der Waals surface area contributed by atoms with Crippen molar-refractivity contribution in [3.63, 3.8) is 0 Å². The molecule has 2 heterocycles. The normalized spacial score (nSPS) is 16.9. The zero-order chi connectivity index (χ0) is 19.6. The van der Waals surface area contributed by atoms with Crippen molar-refractivity contribution in [2.75, 3.05) is 26.0 Å². The van der Waals surface area contributed by atoms with Crippen LogP contribution in [0, 0.1) is 0 Å². The molecule has 1 aromatic heterocycles. The highest BCUT2D eigenvalue weighted by Crippen LogP contribution is 2.35. The van der Waals surface area contributed by atoms with Gasteiger partial charge in [0, 0.05) is 19.0 Å². The molecule has 0 aliphatic carbocycles. The summed E-state index contributed by atoms with van der Waals surface area (Å²) in [6.45, 7) is 4.49. The lowest BCUT2D eigenvalue weighted by Gasteiger charge is -2.28. The molecule has 0 fully saturated rings. The Morgan fingerprint density at radius 1 is 1.33 bits per heavy atom. The first-order valence-corrected chi connectivity index (χ1v) is 8.98. The third-order valence-corrected chi connectivity index (χ3v) is 4.72. The van der Waals surface area contributed by atoms with E-state index < -0.39 is 0 Å². The second kappa shape index (κ2) is 7.79. The molecule has 3 amide bonds. The summed E-state index contributed by atoms with van der Waals surface area (Å²) in [5.41, 5.74) is 2.78. The van der Waals surface area contributed by atoms with Crippen LogP contribution >= 0.6 is 0 Å². The molecule has 2 atom stereocenters. The van der Waals surface area contributed by atoms with Gasteiger partial charge in [-0.3, -0.25) is 9.89 Å². The number of nitrogens with one attached hydrogen (secondary N) is 3. The Balaban J connectivity index is 1.75. The first kappa shape index (κ1) is 18.9. The Morgan fingerprint density at radius 2 is 2.04 bits per heavy atom. The van der Waals surface area contributed by atoms with Crippen LogP contribution in [0.5, 0.6) is 0 Å². The average molecular weight is 370 g/mol. The Bertz CT molecular complexity index is 817. The second-order valence-electron chi connectivity index (χ2n) is 7.12. The van der Waals surface area contributed by atoms with Crippen molar-refractivity contribution in [1.82, 2.24) is 25.3 Å². The Kier molecular flexibility index (Phi) is 5.46. The van der Waals surface area contributed by atoms with Crippen molar-refractivity contribution >= 4 is 17.8 Å². The Hall–Kier alpha value is -2.87. The van der Waals surface area contributed by atoms with Crippen LogP contribution in [0.15, 0.2) is 30.3 Å². The number of H-pyrrole nitrogens is 1. The number of nitrogens with zero attached hydrogens (tertiary/aromatic N) is 3. The number of carbonyl (C=O) groups is 2. The molecule has 1 aliphatic heterocycles. The molecule has 3 rings (SSSR count). The number of hydrogen-bond donors (Lipinski definition) is 3. The zero-order valence-corrected chi connectivity index (χ0v) is 16.1. The summed E-state index contributed by atoms with van der Waals surface area (Å²) in [6.07, 6.45) is 0. The van der Waals surface area contributed by atoms with Gasteiger partial charge in [-0.05, 0) is 26.6 Å². The highest BCUT2D eigenvalue weighted by molar-refractivity contribution is 5.89. The number of amides is 3. The summed E-state index contributed by atoms with van der Waals surface area (Å²) >= 11 is 0. The van der Waals surface area contributed by atoms with Gasteiger partial charge in [-0.15, -0.1) is 0 Å². The van der Waals surface area contributed by atoms with Gasteiger partial charge in [0.25, 0.3) is 0 Å². The topological polar surface area (TPSA) is 93.4 Å². The number of urea groups is 1. The molecular weight excluding hydrogens is 344 g/mol. The lowest BCUT2D eigenvalue weighted by atomic mass is 10.1. The van der Waals surface area contributed by atoms with E-state index in [0.29, 0.717) is 18.9 Å². The minimum atomic E-state index is -0.185. The number of likely N-dealkylation sites (N-methyl/N-ethyl adjacent to an activating group) is 1. The van der Waals surface area contributed by atoms with Gasteiger partial charge in [0.05, 0.1) is 24.3 Å². The number of rotatable bonds is 5. The van der Waals surface area contributed by atoms with E-state index in [2.05, 4.69) is 20.8 Å². The molecule has 0 saturated carbocycles. The lowest BCUT2D eigenvalue weighted by Crippen LogP contribution is -2.43. The monoisotopic (exact) mass is 370 g/mol. The smallest absolute Gasteiger partial charge is 0.318 e. The summed E-state index contributed by atoms with van der Waals surface area (Å²) < 4.78 is 0. The van der Waals surface area contributed by atoms with Crippen molar-refractivity contribution in [3.05, 3.63) is 47.2 Å². The molecule has 0 bridgehead atoms.